The molecule has 4 nitrogen and oxygen atoms in total. The third-order valence-corrected chi connectivity index (χ3v) is 5.81. The predicted octanol–water partition coefficient (Wildman–Crippen LogP) is 1.58. The number of hydrogen-bond acceptors (Lipinski definition) is 3. The highest BCUT2D eigenvalue weighted by atomic mass is 32.2. The molecular formula is C12H26N2O2S. The lowest BCUT2D eigenvalue weighted by Crippen LogP contribution is -2.44. The zero-order valence-corrected chi connectivity index (χ0v) is 12.1. The first-order chi connectivity index (χ1) is 8.04. The summed E-state index contributed by atoms with van der Waals surface area (Å²) in [4.78, 5) is 0. The molecule has 2 atom stereocenters. The zero-order chi connectivity index (χ0) is 12.9. The normalized spacial score (nSPS) is 24.1. The summed E-state index contributed by atoms with van der Waals surface area (Å²) in [6.45, 7) is 8.11. The van der Waals surface area contributed by atoms with E-state index in [0.29, 0.717) is 13.1 Å². The molecule has 102 valence electrons. The van der Waals surface area contributed by atoms with Crippen LogP contribution in [0.25, 0.3) is 0 Å². The Morgan fingerprint density at radius 3 is 2.71 bits per heavy atom. The lowest BCUT2D eigenvalue weighted by Gasteiger charge is -2.26. The van der Waals surface area contributed by atoms with Crippen LogP contribution in [0, 0.1) is 0 Å². The molecule has 17 heavy (non-hydrogen) atoms. The van der Waals surface area contributed by atoms with E-state index < -0.39 is 10.0 Å². The second-order valence-corrected chi connectivity index (χ2v) is 7.18. The molecule has 0 bridgehead atoms. The van der Waals surface area contributed by atoms with Gasteiger partial charge >= 0.3 is 0 Å². The topological polar surface area (TPSA) is 49.4 Å². The number of sulfonamides is 1. The lowest BCUT2D eigenvalue weighted by atomic mass is 10.2. The molecule has 0 aliphatic carbocycles. The minimum Gasteiger partial charge on any atom is -0.315 e. The molecule has 1 aliphatic heterocycles. The van der Waals surface area contributed by atoms with Gasteiger partial charge in [-0.3, -0.25) is 0 Å². The first-order valence-electron chi connectivity index (χ1n) is 6.75. The molecule has 1 heterocycles. The standard InChI is InChI=1S/C12H26N2O2S/c1-4-8-13-10-11(3)17(15,16)14-9-6-7-12(14)5-2/h11-13H,4-10H2,1-3H3. The van der Waals surface area contributed by atoms with Crippen molar-refractivity contribution in [3.8, 4) is 0 Å². The SMILES string of the molecule is CCCNCC(C)S(=O)(=O)N1CCCC1CC. The Hall–Kier alpha value is -0.130. The van der Waals surface area contributed by atoms with Gasteiger partial charge in [0, 0.05) is 19.1 Å². The molecule has 1 aliphatic rings. The molecule has 0 aromatic carbocycles. The van der Waals surface area contributed by atoms with Crippen molar-refractivity contribution in [2.75, 3.05) is 19.6 Å². The van der Waals surface area contributed by atoms with Gasteiger partial charge < -0.3 is 5.32 Å². The number of rotatable bonds is 7. The Morgan fingerprint density at radius 1 is 1.41 bits per heavy atom. The predicted molar refractivity (Wildman–Crippen MR) is 71.6 cm³/mol. The maximum Gasteiger partial charge on any atom is 0.218 e. The van der Waals surface area contributed by atoms with Gasteiger partial charge in [-0.1, -0.05) is 13.8 Å². The van der Waals surface area contributed by atoms with E-state index in [-0.39, 0.29) is 11.3 Å². The molecule has 0 amide bonds. The smallest absolute Gasteiger partial charge is 0.218 e. The Labute approximate surface area is 106 Å². The van der Waals surface area contributed by atoms with E-state index in [1.807, 2.05) is 6.92 Å². The third kappa shape index (κ3) is 3.66. The van der Waals surface area contributed by atoms with Gasteiger partial charge in [-0.15, -0.1) is 0 Å². The first kappa shape index (κ1) is 14.9. The summed E-state index contributed by atoms with van der Waals surface area (Å²) in [5, 5.41) is 2.87. The Bertz CT molecular complexity index is 316. The van der Waals surface area contributed by atoms with E-state index in [0.717, 1.165) is 32.2 Å². The summed E-state index contributed by atoms with van der Waals surface area (Å²) in [6, 6.07) is 0.230. The van der Waals surface area contributed by atoms with Gasteiger partial charge in [0.1, 0.15) is 0 Å². The van der Waals surface area contributed by atoms with Crippen LogP contribution in [0.3, 0.4) is 0 Å². The molecule has 1 fully saturated rings. The molecule has 5 heteroatoms. The maximum atomic E-state index is 12.4. The molecule has 1 N–H and O–H groups in total. The Kier molecular flexibility index (Phi) is 5.89. The molecule has 1 saturated heterocycles. The van der Waals surface area contributed by atoms with Crippen molar-refractivity contribution < 1.29 is 8.42 Å². The van der Waals surface area contributed by atoms with Gasteiger partial charge in [0.2, 0.25) is 10.0 Å². The molecule has 0 aromatic rings. The van der Waals surface area contributed by atoms with Crippen LogP contribution < -0.4 is 5.32 Å². The number of nitrogens with one attached hydrogen (secondary N) is 1. The van der Waals surface area contributed by atoms with Gasteiger partial charge in [0.25, 0.3) is 0 Å². The van der Waals surface area contributed by atoms with Crippen LogP contribution in [0.2, 0.25) is 0 Å². The summed E-state index contributed by atoms with van der Waals surface area (Å²) in [5.41, 5.74) is 0. The fraction of sp³-hybridized carbons (Fsp3) is 1.00. The monoisotopic (exact) mass is 262 g/mol. The van der Waals surface area contributed by atoms with Crippen molar-refractivity contribution in [3.63, 3.8) is 0 Å². The van der Waals surface area contributed by atoms with E-state index in [4.69, 9.17) is 0 Å². The summed E-state index contributed by atoms with van der Waals surface area (Å²) in [6.07, 6.45) is 3.99. The molecule has 0 spiro atoms. The number of nitrogens with zero attached hydrogens (tertiary/aromatic N) is 1. The van der Waals surface area contributed by atoms with Crippen molar-refractivity contribution in [1.82, 2.24) is 9.62 Å². The van der Waals surface area contributed by atoms with Gasteiger partial charge in [-0.2, -0.15) is 4.31 Å². The van der Waals surface area contributed by atoms with Crippen LogP contribution in [0.5, 0.6) is 0 Å². The minimum atomic E-state index is -3.11. The van der Waals surface area contributed by atoms with Crippen molar-refractivity contribution in [2.24, 2.45) is 0 Å². The average molecular weight is 262 g/mol. The Balaban J connectivity index is 2.60. The first-order valence-corrected chi connectivity index (χ1v) is 8.25. The summed E-state index contributed by atoms with van der Waals surface area (Å²) in [5.74, 6) is 0. The molecule has 2 unspecified atom stereocenters. The molecular weight excluding hydrogens is 236 g/mol. The largest absolute Gasteiger partial charge is 0.315 e. The van der Waals surface area contributed by atoms with Crippen molar-refractivity contribution in [1.29, 1.82) is 0 Å². The molecule has 0 radical (unpaired) electrons. The highest BCUT2D eigenvalue weighted by molar-refractivity contribution is 7.89. The van der Waals surface area contributed by atoms with Gasteiger partial charge in [-0.05, 0) is 39.2 Å². The maximum absolute atomic E-state index is 12.4. The Morgan fingerprint density at radius 2 is 2.12 bits per heavy atom. The fourth-order valence-corrected chi connectivity index (χ4v) is 4.21. The van der Waals surface area contributed by atoms with Gasteiger partial charge in [0.05, 0.1) is 5.25 Å². The second-order valence-electron chi connectivity index (χ2n) is 4.87. The summed E-state index contributed by atoms with van der Waals surface area (Å²) < 4.78 is 26.5. The quantitative estimate of drug-likeness (QED) is 0.709. The fourth-order valence-electron chi connectivity index (χ4n) is 2.37. The lowest BCUT2D eigenvalue weighted by molar-refractivity contribution is 0.373. The van der Waals surface area contributed by atoms with Crippen LogP contribution in [0.4, 0.5) is 0 Å². The summed E-state index contributed by atoms with van der Waals surface area (Å²) >= 11 is 0. The van der Waals surface area contributed by atoms with Crippen molar-refractivity contribution in [3.05, 3.63) is 0 Å². The van der Waals surface area contributed by atoms with Crippen LogP contribution in [0.15, 0.2) is 0 Å². The van der Waals surface area contributed by atoms with E-state index in [1.165, 1.54) is 0 Å². The molecule has 0 saturated carbocycles. The molecule has 0 aromatic heterocycles. The molecule has 1 rings (SSSR count). The van der Waals surface area contributed by atoms with Crippen LogP contribution in [-0.4, -0.2) is 43.6 Å². The van der Waals surface area contributed by atoms with E-state index in [1.54, 1.807) is 4.31 Å². The number of hydrogen-bond donors (Lipinski definition) is 1. The minimum absolute atomic E-state index is 0.230. The second kappa shape index (κ2) is 6.71. The van der Waals surface area contributed by atoms with E-state index in [9.17, 15) is 8.42 Å². The van der Waals surface area contributed by atoms with Gasteiger partial charge in [0.15, 0.2) is 0 Å². The van der Waals surface area contributed by atoms with E-state index >= 15 is 0 Å². The van der Waals surface area contributed by atoms with Crippen LogP contribution in [0.1, 0.15) is 46.5 Å². The van der Waals surface area contributed by atoms with Crippen molar-refractivity contribution in [2.45, 2.75) is 57.7 Å². The van der Waals surface area contributed by atoms with Crippen LogP contribution >= 0.6 is 0 Å². The van der Waals surface area contributed by atoms with Gasteiger partial charge in [-0.25, -0.2) is 8.42 Å². The van der Waals surface area contributed by atoms with Crippen LogP contribution in [-0.2, 0) is 10.0 Å². The average Bonchev–Trinajstić information content (AvgIpc) is 2.77. The highest BCUT2D eigenvalue weighted by Crippen LogP contribution is 2.25. The third-order valence-electron chi connectivity index (χ3n) is 3.49. The summed E-state index contributed by atoms with van der Waals surface area (Å²) in [7, 11) is -3.11. The van der Waals surface area contributed by atoms with E-state index in [2.05, 4.69) is 19.2 Å². The highest BCUT2D eigenvalue weighted by Gasteiger charge is 2.36. The zero-order valence-electron chi connectivity index (χ0n) is 11.3. The van der Waals surface area contributed by atoms with Crippen molar-refractivity contribution >= 4 is 10.0 Å².